The third-order valence-corrected chi connectivity index (χ3v) is 4.02. The molecule has 20 heavy (non-hydrogen) atoms. The van der Waals surface area contributed by atoms with Crippen molar-refractivity contribution < 1.29 is 14.3 Å². The molecule has 0 spiro atoms. The van der Waals surface area contributed by atoms with Gasteiger partial charge in [0.2, 0.25) is 5.91 Å². The summed E-state index contributed by atoms with van der Waals surface area (Å²) in [5.41, 5.74) is 0.866. The minimum atomic E-state index is 0.0629. The minimum absolute atomic E-state index is 0.0629. The first-order valence-electron chi connectivity index (χ1n) is 6.80. The fourth-order valence-corrected chi connectivity index (χ4v) is 3.10. The zero-order valence-electron chi connectivity index (χ0n) is 11.8. The topological polar surface area (TPSA) is 46.6 Å². The number of amides is 1. The Bertz CT molecular complexity index is 486. The molecule has 0 aromatic heterocycles. The molecule has 2 rings (SSSR count). The average Bonchev–Trinajstić information content (AvgIpc) is 2.77. The van der Waals surface area contributed by atoms with Crippen LogP contribution < -0.4 is 9.64 Å². The highest BCUT2D eigenvalue weighted by Crippen LogP contribution is 2.29. The van der Waals surface area contributed by atoms with Gasteiger partial charge in [-0.1, -0.05) is 18.7 Å². The molecule has 0 N–H and O–H groups in total. The molecule has 5 heteroatoms. The Morgan fingerprint density at radius 3 is 2.70 bits per heavy atom. The van der Waals surface area contributed by atoms with Crippen LogP contribution in [0.2, 0.25) is 0 Å². The van der Waals surface area contributed by atoms with Crippen LogP contribution in [0.15, 0.2) is 24.3 Å². The second-order valence-corrected chi connectivity index (χ2v) is 6.26. The number of anilines is 1. The van der Waals surface area contributed by atoms with Gasteiger partial charge in [-0.25, -0.2) is 0 Å². The van der Waals surface area contributed by atoms with Gasteiger partial charge in [-0.05, 0) is 30.7 Å². The zero-order chi connectivity index (χ0) is 14.5. The van der Waals surface area contributed by atoms with Crippen molar-refractivity contribution in [1.29, 1.82) is 0 Å². The molecule has 1 aromatic rings. The molecule has 0 radical (unpaired) electrons. The third kappa shape index (κ3) is 3.76. The van der Waals surface area contributed by atoms with Crippen LogP contribution in [0.3, 0.4) is 0 Å². The van der Waals surface area contributed by atoms with Crippen molar-refractivity contribution in [3.63, 3.8) is 0 Å². The average molecular weight is 293 g/mol. The largest absolute Gasteiger partial charge is 0.494 e. The second kappa shape index (κ2) is 6.79. The van der Waals surface area contributed by atoms with Crippen molar-refractivity contribution in [1.82, 2.24) is 0 Å². The Balaban J connectivity index is 2.00. The van der Waals surface area contributed by atoms with Gasteiger partial charge in [-0.3, -0.25) is 9.59 Å². The number of carbonyl (C=O) groups excluding carboxylic acids is 2. The summed E-state index contributed by atoms with van der Waals surface area (Å²) in [6.07, 6.45) is 1.40. The van der Waals surface area contributed by atoms with Crippen molar-refractivity contribution in [2.75, 3.05) is 18.1 Å². The summed E-state index contributed by atoms with van der Waals surface area (Å²) in [5.74, 6) is 0.892. The number of carbonyl (C=O) groups is 2. The molecule has 0 bridgehead atoms. The molecule has 1 saturated heterocycles. The predicted molar refractivity (Wildman–Crippen MR) is 81.3 cm³/mol. The van der Waals surface area contributed by atoms with Gasteiger partial charge in [0, 0.05) is 30.8 Å². The number of rotatable bonds is 5. The number of ether oxygens (including phenoxy) is 1. The molecule has 108 valence electrons. The van der Waals surface area contributed by atoms with E-state index in [0.717, 1.165) is 17.9 Å². The second-order valence-electron chi connectivity index (χ2n) is 4.78. The summed E-state index contributed by atoms with van der Waals surface area (Å²) in [6.45, 7) is 4.89. The van der Waals surface area contributed by atoms with E-state index in [2.05, 4.69) is 6.92 Å². The van der Waals surface area contributed by atoms with Crippen LogP contribution in [0.4, 0.5) is 5.69 Å². The van der Waals surface area contributed by atoms with E-state index in [-0.39, 0.29) is 16.3 Å². The van der Waals surface area contributed by atoms with E-state index >= 15 is 0 Å². The molecule has 1 aliphatic rings. The Hall–Kier alpha value is -1.49. The number of benzene rings is 1. The molecule has 1 amide bonds. The van der Waals surface area contributed by atoms with Crippen molar-refractivity contribution in [3.8, 4) is 5.75 Å². The Labute approximate surface area is 123 Å². The number of thioether (sulfide) groups is 1. The molecule has 4 nitrogen and oxygen atoms in total. The van der Waals surface area contributed by atoms with Crippen molar-refractivity contribution >= 4 is 28.5 Å². The first kappa shape index (κ1) is 14.9. The van der Waals surface area contributed by atoms with Gasteiger partial charge in [0.05, 0.1) is 6.61 Å². The number of hydrogen-bond donors (Lipinski definition) is 0. The first-order chi connectivity index (χ1) is 9.60. The zero-order valence-corrected chi connectivity index (χ0v) is 12.6. The Kier molecular flexibility index (Phi) is 5.06. The maximum Gasteiger partial charge on any atom is 0.228 e. The highest BCUT2D eigenvalue weighted by molar-refractivity contribution is 8.14. The van der Waals surface area contributed by atoms with E-state index in [1.54, 1.807) is 4.90 Å². The summed E-state index contributed by atoms with van der Waals surface area (Å²) in [6, 6.07) is 7.54. The fourth-order valence-electron chi connectivity index (χ4n) is 2.18. The van der Waals surface area contributed by atoms with E-state index < -0.39 is 0 Å². The molecule has 1 aliphatic heterocycles. The van der Waals surface area contributed by atoms with Gasteiger partial charge >= 0.3 is 0 Å². The SMILES string of the molecule is CCCOc1ccc(N2CC(SC(C)=O)CC2=O)cc1. The molecule has 0 saturated carbocycles. The monoisotopic (exact) mass is 293 g/mol. The van der Waals surface area contributed by atoms with Gasteiger partial charge in [-0.2, -0.15) is 0 Å². The lowest BCUT2D eigenvalue weighted by Gasteiger charge is -2.17. The van der Waals surface area contributed by atoms with Gasteiger partial charge in [0.25, 0.3) is 0 Å². The van der Waals surface area contributed by atoms with E-state index in [1.807, 2.05) is 24.3 Å². The highest BCUT2D eigenvalue weighted by atomic mass is 32.2. The Morgan fingerprint density at radius 1 is 1.40 bits per heavy atom. The van der Waals surface area contributed by atoms with Crippen LogP contribution in [0, 0.1) is 0 Å². The fraction of sp³-hybridized carbons (Fsp3) is 0.467. The molecular weight excluding hydrogens is 274 g/mol. The molecule has 1 heterocycles. The van der Waals surface area contributed by atoms with Crippen LogP contribution >= 0.6 is 11.8 Å². The standard InChI is InChI=1S/C15H19NO3S/c1-3-8-19-13-6-4-12(5-7-13)16-10-14(9-15(16)18)20-11(2)17/h4-7,14H,3,8-10H2,1-2H3. The molecule has 1 aromatic carbocycles. The number of hydrogen-bond acceptors (Lipinski definition) is 4. The minimum Gasteiger partial charge on any atom is -0.494 e. The quantitative estimate of drug-likeness (QED) is 0.837. The van der Waals surface area contributed by atoms with E-state index in [9.17, 15) is 9.59 Å². The summed E-state index contributed by atoms with van der Waals surface area (Å²) < 4.78 is 5.52. The van der Waals surface area contributed by atoms with Crippen LogP contribution in [0.5, 0.6) is 5.75 Å². The van der Waals surface area contributed by atoms with Crippen LogP contribution in [0.25, 0.3) is 0 Å². The Morgan fingerprint density at radius 2 is 2.10 bits per heavy atom. The van der Waals surface area contributed by atoms with Crippen molar-refractivity contribution in [2.45, 2.75) is 31.9 Å². The lowest BCUT2D eigenvalue weighted by Crippen LogP contribution is -2.24. The van der Waals surface area contributed by atoms with Crippen LogP contribution in [0.1, 0.15) is 26.7 Å². The molecule has 1 fully saturated rings. The van der Waals surface area contributed by atoms with Crippen LogP contribution in [-0.2, 0) is 9.59 Å². The van der Waals surface area contributed by atoms with Crippen LogP contribution in [-0.4, -0.2) is 29.4 Å². The molecular formula is C15H19NO3S. The molecule has 1 atom stereocenters. The normalized spacial score (nSPS) is 18.4. The lowest BCUT2D eigenvalue weighted by atomic mass is 10.3. The van der Waals surface area contributed by atoms with E-state index in [0.29, 0.717) is 19.6 Å². The van der Waals surface area contributed by atoms with E-state index in [4.69, 9.17) is 4.74 Å². The lowest BCUT2D eigenvalue weighted by molar-refractivity contribution is -0.117. The molecule has 0 aliphatic carbocycles. The smallest absolute Gasteiger partial charge is 0.228 e. The number of nitrogens with zero attached hydrogens (tertiary/aromatic N) is 1. The maximum atomic E-state index is 12.0. The summed E-state index contributed by atoms with van der Waals surface area (Å²) in [7, 11) is 0. The van der Waals surface area contributed by atoms with Gasteiger partial charge < -0.3 is 9.64 Å². The predicted octanol–water partition coefficient (Wildman–Crippen LogP) is 2.86. The van der Waals surface area contributed by atoms with Crippen molar-refractivity contribution in [2.24, 2.45) is 0 Å². The van der Waals surface area contributed by atoms with Gasteiger partial charge in [0.1, 0.15) is 5.75 Å². The van der Waals surface area contributed by atoms with Gasteiger partial charge in [0.15, 0.2) is 5.12 Å². The summed E-state index contributed by atoms with van der Waals surface area (Å²) in [4.78, 5) is 24.8. The summed E-state index contributed by atoms with van der Waals surface area (Å²) in [5, 5.41) is 0.129. The van der Waals surface area contributed by atoms with Gasteiger partial charge in [-0.15, -0.1) is 0 Å². The third-order valence-electron chi connectivity index (χ3n) is 3.04. The van der Waals surface area contributed by atoms with E-state index in [1.165, 1.54) is 18.7 Å². The highest BCUT2D eigenvalue weighted by Gasteiger charge is 2.31. The van der Waals surface area contributed by atoms with Crippen molar-refractivity contribution in [3.05, 3.63) is 24.3 Å². The first-order valence-corrected chi connectivity index (χ1v) is 7.68. The maximum absolute atomic E-state index is 12.0. The molecule has 1 unspecified atom stereocenters. The summed E-state index contributed by atoms with van der Waals surface area (Å²) >= 11 is 1.25.